The van der Waals surface area contributed by atoms with Gasteiger partial charge in [-0.2, -0.15) is 0 Å². The maximum Gasteiger partial charge on any atom is 0.131 e. The van der Waals surface area contributed by atoms with Gasteiger partial charge in [0.2, 0.25) is 0 Å². The first-order chi connectivity index (χ1) is 15.7. The number of halogens is 1. The second-order valence-corrected chi connectivity index (χ2v) is 9.53. The molecule has 3 aliphatic rings. The van der Waals surface area contributed by atoms with Gasteiger partial charge in [0.05, 0.1) is 12.1 Å². The van der Waals surface area contributed by atoms with Crippen molar-refractivity contribution in [1.29, 1.82) is 0 Å². The van der Waals surface area contributed by atoms with E-state index in [9.17, 15) is 9.50 Å². The van der Waals surface area contributed by atoms with E-state index in [-0.39, 0.29) is 12.4 Å². The van der Waals surface area contributed by atoms with Gasteiger partial charge in [0.15, 0.2) is 0 Å². The lowest BCUT2D eigenvalue weighted by molar-refractivity contribution is 0.279. The normalized spacial score (nSPS) is 25.8. The van der Waals surface area contributed by atoms with Crippen molar-refractivity contribution < 1.29 is 9.50 Å². The van der Waals surface area contributed by atoms with Crippen LogP contribution in [0.3, 0.4) is 0 Å². The summed E-state index contributed by atoms with van der Waals surface area (Å²) in [6.07, 6.45) is 10.8. The van der Waals surface area contributed by atoms with Gasteiger partial charge >= 0.3 is 0 Å². The first-order valence-electron chi connectivity index (χ1n) is 12.4. The molecule has 0 aliphatic carbocycles. The number of fused-ring (bicyclic) bond motifs is 1. The molecule has 0 spiro atoms. The number of anilines is 3. The third kappa shape index (κ3) is 4.29. The van der Waals surface area contributed by atoms with Crippen LogP contribution in [-0.2, 0) is 0 Å². The van der Waals surface area contributed by atoms with E-state index in [4.69, 9.17) is 4.98 Å². The molecule has 1 aromatic heterocycles. The highest BCUT2D eigenvalue weighted by atomic mass is 19.1. The van der Waals surface area contributed by atoms with Crippen LogP contribution in [-0.4, -0.2) is 54.5 Å². The first kappa shape index (κ1) is 21.5. The second kappa shape index (κ2) is 9.65. The van der Waals surface area contributed by atoms with Crippen molar-refractivity contribution in [2.24, 2.45) is 0 Å². The number of nitrogens with zero attached hydrogens (tertiary/aromatic N) is 4. The summed E-state index contributed by atoms with van der Waals surface area (Å²) in [6.45, 7) is 3.43. The third-order valence-corrected chi connectivity index (χ3v) is 7.56. The number of benzene rings is 1. The number of hydrogen-bond acceptors (Lipinski definition) is 5. The summed E-state index contributed by atoms with van der Waals surface area (Å²) in [5.41, 5.74) is 2.26. The van der Waals surface area contributed by atoms with Crippen LogP contribution >= 0.6 is 0 Å². The topological polar surface area (TPSA) is 42.8 Å². The molecule has 0 amide bonds. The highest BCUT2D eigenvalue weighted by Gasteiger charge is 2.46. The molecule has 3 fully saturated rings. The minimum Gasteiger partial charge on any atom is -0.396 e. The Morgan fingerprint density at radius 3 is 2.66 bits per heavy atom. The van der Waals surface area contributed by atoms with Crippen molar-refractivity contribution >= 4 is 17.2 Å². The summed E-state index contributed by atoms with van der Waals surface area (Å²) in [7, 11) is 0. The first-order valence-corrected chi connectivity index (χ1v) is 12.4. The quantitative estimate of drug-likeness (QED) is 0.714. The minimum atomic E-state index is -0.174. The molecular weight excluding hydrogens is 403 g/mol. The van der Waals surface area contributed by atoms with Gasteiger partial charge in [-0.25, -0.2) is 9.37 Å². The number of rotatable bonds is 6. The van der Waals surface area contributed by atoms with Crippen LogP contribution in [0.25, 0.3) is 0 Å². The van der Waals surface area contributed by atoms with Crippen molar-refractivity contribution in [2.45, 2.75) is 69.5 Å². The predicted molar refractivity (Wildman–Crippen MR) is 128 cm³/mol. The molecule has 3 saturated heterocycles. The number of aromatic nitrogens is 1. The van der Waals surface area contributed by atoms with Gasteiger partial charge in [-0.05, 0) is 75.6 Å². The van der Waals surface area contributed by atoms with Crippen molar-refractivity contribution in [1.82, 2.24) is 4.98 Å². The van der Waals surface area contributed by atoms with E-state index in [2.05, 4.69) is 26.8 Å². The Morgan fingerprint density at radius 1 is 0.969 bits per heavy atom. The molecule has 1 aromatic carbocycles. The van der Waals surface area contributed by atoms with Gasteiger partial charge in [-0.3, -0.25) is 0 Å². The molecule has 0 radical (unpaired) electrons. The van der Waals surface area contributed by atoms with Crippen molar-refractivity contribution in [2.75, 3.05) is 40.9 Å². The summed E-state index contributed by atoms with van der Waals surface area (Å²) in [4.78, 5) is 12.3. The molecule has 0 saturated carbocycles. The number of hydrogen-bond donors (Lipinski definition) is 1. The van der Waals surface area contributed by atoms with Crippen molar-refractivity contribution in [3.8, 4) is 0 Å². The maximum absolute atomic E-state index is 14.0. The van der Waals surface area contributed by atoms with Crippen LogP contribution in [0.1, 0.15) is 51.4 Å². The third-order valence-electron chi connectivity index (χ3n) is 7.56. The number of pyridine rings is 1. The van der Waals surface area contributed by atoms with E-state index in [1.54, 1.807) is 6.07 Å². The van der Waals surface area contributed by atoms with Crippen LogP contribution < -0.4 is 14.7 Å². The van der Waals surface area contributed by atoms with E-state index in [0.29, 0.717) is 18.1 Å². The van der Waals surface area contributed by atoms with Crippen LogP contribution in [0.5, 0.6) is 0 Å². The Kier molecular flexibility index (Phi) is 6.49. The molecule has 6 heteroatoms. The summed E-state index contributed by atoms with van der Waals surface area (Å²) >= 11 is 0. The molecule has 3 aliphatic heterocycles. The van der Waals surface area contributed by atoms with E-state index >= 15 is 0 Å². The van der Waals surface area contributed by atoms with Gasteiger partial charge in [-0.1, -0.05) is 6.07 Å². The molecule has 5 rings (SSSR count). The maximum atomic E-state index is 14.0. The van der Waals surface area contributed by atoms with Gasteiger partial charge in [0.1, 0.15) is 11.6 Å². The number of aliphatic hydroxyl groups is 1. The molecule has 0 unspecified atom stereocenters. The Balaban J connectivity index is 1.45. The lowest BCUT2D eigenvalue weighted by atomic mass is 9.95. The van der Waals surface area contributed by atoms with E-state index in [1.807, 2.05) is 18.3 Å². The summed E-state index contributed by atoms with van der Waals surface area (Å²) < 4.78 is 14.0. The average Bonchev–Trinajstić information content (AvgIpc) is 3.22. The zero-order valence-corrected chi connectivity index (χ0v) is 18.9. The molecule has 172 valence electrons. The largest absolute Gasteiger partial charge is 0.396 e. The van der Waals surface area contributed by atoms with Crippen LogP contribution in [0.4, 0.5) is 21.6 Å². The zero-order chi connectivity index (χ0) is 21.9. The molecule has 4 heterocycles. The lowest BCUT2D eigenvalue weighted by Gasteiger charge is -2.42. The standard InChI is InChI=1S/C26H35FN4O/c27-20-7-4-8-22(17-20)30-15-5-10-24-25(30)18-23(9-6-16-32)31(24)26-19-21(11-12-28-26)29-13-2-1-3-14-29/h4,7-8,11-12,17,19,23-25,32H,1-3,5-6,9-10,13-16,18H2/t23-,24-,25+/m0/s1. The Morgan fingerprint density at radius 2 is 1.84 bits per heavy atom. The Labute approximate surface area is 190 Å². The average molecular weight is 439 g/mol. The fourth-order valence-electron chi connectivity index (χ4n) is 6.12. The molecule has 0 bridgehead atoms. The second-order valence-electron chi connectivity index (χ2n) is 9.53. The monoisotopic (exact) mass is 438 g/mol. The molecular formula is C26H35FN4O. The van der Waals surface area contributed by atoms with Crippen molar-refractivity contribution in [3.63, 3.8) is 0 Å². The molecule has 5 nitrogen and oxygen atoms in total. The number of aliphatic hydroxyl groups excluding tert-OH is 1. The number of piperidine rings is 2. The van der Waals surface area contributed by atoms with Crippen molar-refractivity contribution in [3.05, 3.63) is 48.4 Å². The lowest BCUT2D eigenvalue weighted by Crippen LogP contribution is -2.50. The fourth-order valence-corrected chi connectivity index (χ4v) is 6.12. The van der Waals surface area contributed by atoms with E-state index < -0.39 is 0 Å². The predicted octanol–water partition coefficient (Wildman–Crippen LogP) is 4.60. The highest BCUT2D eigenvalue weighted by molar-refractivity contribution is 5.59. The van der Waals surface area contributed by atoms with Gasteiger partial charge < -0.3 is 19.8 Å². The molecule has 2 aromatic rings. The summed E-state index contributed by atoms with van der Waals surface area (Å²) in [6, 6.07) is 12.5. The minimum absolute atomic E-state index is 0.174. The fraction of sp³-hybridized carbons (Fsp3) is 0.577. The highest BCUT2D eigenvalue weighted by Crippen LogP contribution is 2.41. The molecule has 32 heavy (non-hydrogen) atoms. The Hall–Kier alpha value is -2.34. The SMILES string of the molecule is OCCC[C@H]1C[C@@H]2[C@H](CCCN2c2cccc(F)c2)N1c1cc(N2CCCCC2)ccn1. The molecule has 1 N–H and O–H groups in total. The van der Waals surface area contributed by atoms with Crippen LogP contribution in [0.15, 0.2) is 42.6 Å². The summed E-state index contributed by atoms with van der Waals surface area (Å²) in [5.74, 6) is 0.886. The van der Waals surface area contributed by atoms with Gasteiger partial charge in [0, 0.05) is 55.9 Å². The van der Waals surface area contributed by atoms with Crippen LogP contribution in [0, 0.1) is 5.82 Å². The van der Waals surface area contributed by atoms with Gasteiger partial charge in [-0.15, -0.1) is 0 Å². The van der Waals surface area contributed by atoms with Crippen LogP contribution in [0.2, 0.25) is 0 Å². The van der Waals surface area contributed by atoms with E-state index in [1.165, 1.54) is 31.0 Å². The van der Waals surface area contributed by atoms with E-state index in [0.717, 1.165) is 63.2 Å². The smallest absolute Gasteiger partial charge is 0.131 e. The zero-order valence-electron chi connectivity index (χ0n) is 18.9. The van der Waals surface area contributed by atoms with Gasteiger partial charge in [0.25, 0.3) is 0 Å². The Bertz CT molecular complexity index is 903. The molecule has 3 atom stereocenters. The summed E-state index contributed by atoms with van der Waals surface area (Å²) in [5, 5.41) is 9.52.